The Bertz CT molecular complexity index is 2500. The van der Waals surface area contributed by atoms with E-state index in [1.807, 2.05) is 6.08 Å². The lowest BCUT2D eigenvalue weighted by Gasteiger charge is -2.51. The third-order valence-corrected chi connectivity index (χ3v) is 20.6. The van der Waals surface area contributed by atoms with Crippen LogP contribution in [0.4, 0.5) is 0 Å². The summed E-state index contributed by atoms with van der Waals surface area (Å²) in [6, 6.07) is -4.60. The molecule has 0 bridgehead atoms. The highest BCUT2D eigenvalue weighted by Gasteiger charge is 2.61. The number of rotatable bonds is 52. The minimum absolute atomic E-state index is 0.173. The number of aliphatic hydroxyl groups is 16. The molecule has 5 heterocycles. The average molecular weight is 1550 g/mol. The Balaban J connectivity index is 1.25. The van der Waals surface area contributed by atoms with Crippen LogP contribution in [0.3, 0.4) is 0 Å². The second kappa shape index (κ2) is 49.9. The minimum Gasteiger partial charge on any atom is -0.477 e. The Kier molecular flexibility index (Phi) is 44.0. The van der Waals surface area contributed by atoms with Crippen molar-refractivity contribution in [1.82, 2.24) is 16.0 Å². The Morgan fingerprint density at radius 2 is 0.907 bits per heavy atom. The Morgan fingerprint density at radius 3 is 1.37 bits per heavy atom. The van der Waals surface area contributed by atoms with Crippen molar-refractivity contribution in [3.8, 4) is 0 Å². The highest BCUT2D eigenvalue weighted by molar-refractivity contribution is 5.77. The van der Waals surface area contributed by atoms with Gasteiger partial charge in [-0.2, -0.15) is 0 Å². The highest BCUT2D eigenvalue weighted by Crippen LogP contribution is 2.40. The van der Waals surface area contributed by atoms with Gasteiger partial charge in [0.15, 0.2) is 25.2 Å². The van der Waals surface area contributed by atoms with E-state index < -0.39 is 235 Å². The van der Waals surface area contributed by atoms with Gasteiger partial charge in [0, 0.05) is 26.7 Å². The van der Waals surface area contributed by atoms with Crippen LogP contribution in [-0.2, 0) is 66.5 Å². The molecule has 28 unspecified atom stereocenters. The lowest BCUT2D eigenvalue weighted by Crippen LogP contribution is -2.71. The van der Waals surface area contributed by atoms with Gasteiger partial charge in [-0.25, -0.2) is 4.79 Å². The van der Waals surface area contributed by atoms with Gasteiger partial charge in [0.2, 0.25) is 17.7 Å². The molecule has 5 saturated heterocycles. The highest BCUT2D eigenvalue weighted by atomic mass is 16.8. The van der Waals surface area contributed by atoms with Crippen molar-refractivity contribution in [3.05, 3.63) is 12.2 Å². The first-order chi connectivity index (χ1) is 51.3. The van der Waals surface area contributed by atoms with E-state index in [1.165, 1.54) is 109 Å². The second-order valence-electron chi connectivity index (χ2n) is 29.3. The van der Waals surface area contributed by atoms with Crippen molar-refractivity contribution in [2.24, 2.45) is 0 Å². The number of carboxylic acids is 1. The van der Waals surface area contributed by atoms with Gasteiger partial charge >= 0.3 is 5.97 Å². The molecule has 0 radical (unpaired) electrons. The van der Waals surface area contributed by atoms with Crippen LogP contribution in [0.5, 0.6) is 0 Å². The second-order valence-corrected chi connectivity index (χ2v) is 29.3. The lowest BCUT2D eigenvalue weighted by atomic mass is 9.88. The predicted molar refractivity (Wildman–Crippen MR) is 378 cm³/mol. The van der Waals surface area contributed by atoms with Crippen LogP contribution in [0, 0.1) is 0 Å². The molecule has 0 saturated carbocycles. The molecule has 34 heteroatoms. The van der Waals surface area contributed by atoms with Gasteiger partial charge in [-0.1, -0.05) is 180 Å². The molecular formula is C73H131N3O31. The number of unbranched alkanes of at least 4 members (excludes halogenated alkanes) is 25. The number of hydrogen-bond acceptors (Lipinski definition) is 30. The summed E-state index contributed by atoms with van der Waals surface area (Å²) in [5.41, 5.74) is 0. The third kappa shape index (κ3) is 29.2. The number of nitrogens with one attached hydrogen (secondary N) is 3. The van der Waals surface area contributed by atoms with E-state index in [4.69, 9.17) is 47.4 Å². The van der Waals surface area contributed by atoms with Gasteiger partial charge in [-0.05, 0) is 19.3 Å². The largest absolute Gasteiger partial charge is 0.477 e. The molecule has 0 aromatic carbocycles. The molecule has 5 rings (SSSR count). The van der Waals surface area contributed by atoms with Crippen LogP contribution >= 0.6 is 0 Å². The zero-order valence-corrected chi connectivity index (χ0v) is 62.8. The molecule has 5 aliphatic heterocycles. The number of carbonyl (C=O) groups excluding carboxylic acids is 3. The van der Waals surface area contributed by atoms with E-state index in [2.05, 4.69) is 29.8 Å². The van der Waals surface area contributed by atoms with Crippen LogP contribution < -0.4 is 16.0 Å². The number of aliphatic carboxylic acids is 1. The van der Waals surface area contributed by atoms with Gasteiger partial charge in [0.05, 0.1) is 63.9 Å². The summed E-state index contributed by atoms with van der Waals surface area (Å²) in [6.45, 7) is 0.644. The molecule has 0 aliphatic carbocycles. The number of carbonyl (C=O) groups is 4. The smallest absolute Gasteiger partial charge is 0.364 e. The van der Waals surface area contributed by atoms with E-state index >= 15 is 0 Å². The molecule has 34 nitrogen and oxygen atoms in total. The van der Waals surface area contributed by atoms with Crippen LogP contribution in [0.1, 0.15) is 214 Å². The van der Waals surface area contributed by atoms with E-state index in [-0.39, 0.29) is 12.3 Å². The number of allylic oxidation sites excluding steroid dienone is 1. The predicted octanol–water partition coefficient (Wildman–Crippen LogP) is -1.04. The maximum absolute atomic E-state index is 13.5. The molecule has 0 aromatic heterocycles. The van der Waals surface area contributed by atoms with Gasteiger partial charge in [0.25, 0.3) is 5.79 Å². The number of hydrogen-bond donors (Lipinski definition) is 20. The van der Waals surface area contributed by atoms with Crippen LogP contribution in [-0.4, -0.2) is 321 Å². The van der Waals surface area contributed by atoms with Crippen molar-refractivity contribution < 1.29 is 153 Å². The molecular weight excluding hydrogens is 1410 g/mol. The molecule has 20 N–H and O–H groups in total. The van der Waals surface area contributed by atoms with Crippen LogP contribution in [0.2, 0.25) is 0 Å². The van der Waals surface area contributed by atoms with Crippen molar-refractivity contribution in [2.75, 3.05) is 39.6 Å². The summed E-state index contributed by atoms with van der Waals surface area (Å²) in [5, 5.41) is 196. The summed E-state index contributed by atoms with van der Waals surface area (Å²) in [4.78, 5) is 51.7. The zero-order valence-electron chi connectivity index (χ0n) is 62.8. The lowest BCUT2D eigenvalue weighted by molar-refractivity contribution is -0.390. The number of carboxylic acid groups (broad SMARTS) is 1. The van der Waals surface area contributed by atoms with E-state index in [9.17, 15) is 106 Å². The van der Waals surface area contributed by atoms with Gasteiger partial charge in [0.1, 0.15) is 116 Å². The molecule has 5 aliphatic rings. The quantitative estimate of drug-likeness (QED) is 0.0255. The van der Waals surface area contributed by atoms with Crippen molar-refractivity contribution in [3.63, 3.8) is 0 Å². The van der Waals surface area contributed by atoms with Gasteiger partial charge in [-0.3, -0.25) is 14.4 Å². The molecule has 28 atom stereocenters. The summed E-state index contributed by atoms with van der Waals surface area (Å²) < 4.78 is 58.8. The number of ether oxygens (including phenoxy) is 10. The molecule has 3 amide bonds. The van der Waals surface area contributed by atoms with Crippen LogP contribution in [0.15, 0.2) is 12.2 Å². The van der Waals surface area contributed by atoms with E-state index in [0.717, 1.165) is 65.2 Å². The van der Waals surface area contributed by atoms with Crippen molar-refractivity contribution in [1.29, 1.82) is 0 Å². The van der Waals surface area contributed by atoms with E-state index in [1.54, 1.807) is 6.08 Å². The molecule has 624 valence electrons. The fourth-order valence-electron chi connectivity index (χ4n) is 14.3. The SMILES string of the molecule is CCCCCCCCCCCCCC=CC(O)C(COC1OC(CO)C(OC2OC(CO)C(O)C(OC3OC(CO)C(OC4OC(CO)C(O)C(OC5(C(=O)O)CC(O)C(NC(C)=O)C(C(O)C(O)CO)O5)C4O)C(O)C3NC(C)=O)C2O)C(O)C1O)NC(=O)CCCCCCCCCCCCCCCCC. The molecule has 0 spiro atoms. The average Bonchev–Trinajstić information content (AvgIpc) is 0.755. The molecule has 0 aromatic rings. The standard InChI is InChI=1S/C73H131N3O31/c1-5-7-9-11-13-15-17-19-20-22-24-26-28-30-32-34-52(87)76-44(45(84)33-31-29-27-25-23-21-18-16-14-12-10-8-6-2)41-98-69-60(93)59(92)64(51(40-81)102-69)104-70-61(94)66(56(89)48(37-78)99-70)105-68-54(75-43(4)83)58(91)63(50(39-80)101-68)103-71-62(95)67(57(90)49(38-79)100-71)107-73(72(96)97)35-46(85)53(74-42(3)82)65(106-73)55(88)47(86)36-77/h31,33,44-51,53-71,77-81,84-86,88-95H,5-30,32,34-41H2,1-4H3,(H,74,82)(H,75,83)(H,76,87)(H,96,97). The Hall–Kier alpha value is -3.42. The number of aliphatic hydroxyl groups excluding tert-OH is 16. The maximum Gasteiger partial charge on any atom is 0.364 e. The van der Waals surface area contributed by atoms with Gasteiger partial charge in [-0.15, -0.1) is 0 Å². The topological polar surface area (TPSA) is 541 Å². The first-order valence-corrected chi connectivity index (χ1v) is 39.1. The summed E-state index contributed by atoms with van der Waals surface area (Å²) in [6.07, 6.45) is -14.5. The summed E-state index contributed by atoms with van der Waals surface area (Å²) >= 11 is 0. The van der Waals surface area contributed by atoms with Gasteiger partial charge < -0.3 is 150 Å². The first kappa shape index (κ1) is 94.2. The molecule has 107 heavy (non-hydrogen) atoms. The fraction of sp³-hybridized carbons (Fsp3) is 0.918. The summed E-state index contributed by atoms with van der Waals surface area (Å²) in [5.74, 6) is -7.31. The van der Waals surface area contributed by atoms with E-state index in [0.29, 0.717) is 12.8 Å². The first-order valence-electron chi connectivity index (χ1n) is 39.1. The fourth-order valence-corrected chi connectivity index (χ4v) is 14.3. The zero-order chi connectivity index (χ0) is 78.8. The Labute approximate surface area is 627 Å². The molecule has 5 fully saturated rings. The summed E-state index contributed by atoms with van der Waals surface area (Å²) in [7, 11) is 0. The monoisotopic (exact) mass is 1550 g/mol. The normalized spacial score (nSPS) is 34.6. The van der Waals surface area contributed by atoms with Crippen molar-refractivity contribution in [2.45, 2.75) is 385 Å². The Morgan fingerprint density at radius 1 is 0.486 bits per heavy atom. The van der Waals surface area contributed by atoms with Crippen LogP contribution in [0.25, 0.3) is 0 Å². The minimum atomic E-state index is -3.19. The van der Waals surface area contributed by atoms with Crippen molar-refractivity contribution >= 4 is 23.7 Å². The maximum atomic E-state index is 13.5. The number of amides is 3. The third-order valence-electron chi connectivity index (χ3n) is 20.6.